The number of methoxy groups -OCH3 is 1. The lowest BCUT2D eigenvalue weighted by Crippen LogP contribution is -2.51. The molecule has 0 saturated carbocycles. The monoisotopic (exact) mass is 464 g/mol. The predicted molar refractivity (Wildman–Crippen MR) is 122 cm³/mol. The average Bonchev–Trinajstić information content (AvgIpc) is 2.78. The van der Waals surface area contributed by atoms with Crippen LogP contribution >= 0.6 is 0 Å². The molecule has 1 saturated heterocycles. The summed E-state index contributed by atoms with van der Waals surface area (Å²) in [7, 11) is -1.96. The molecule has 9 nitrogen and oxygen atoms in total. The summed E-state index contributed by atoms with van der Waals surface area (Å²) < 4.78 is 31.5. The van der Waals surface area contributed by atoms with Crippen molar-refractivity contribution in [1.29, 1.82) is 0 Å². The molecule has 1 aliphatic heterocycles. The number of carbonyl (C=O) groups is 2. The summed E-state index contributed by atoms with van der Waals surface area (Å²) in [5, 5.41) is 4.88. The van der Waals surface area contributed by atoms with Gasteiger partial charge in [-0.1, -0.05) is 24.1 Å². The molecule has 0 aliphatic carbocycles. The van der Waals surface area contributed by atoms with Gasteiger partial charge in [-0.2, -0.15) is 4.31 Å². The summed E-state index contributed by atoms with van der Waals surface area (Å²) >= 11 is 0. The SMILES string of the molecule is C#CCNC(=O)CNC(=O)CN(C1CCN(C(C)c2ccccc2OC)CC1)S(C)(=O)=O. The zero-order valence-corrected chi connectivity index (χ0v) is 19.7. The van der Waals surface area contributed by atoms with Gasteiger partial charge in [0.1, 0.15) is 5.75 Å². The molecule has 10 heteroatoms. The van der Waals surface area contributed by atoms with Crippen molar-refractivity contribution in [3.05, 3.63) is 29.8 Å². The number of terminal acetylenes is 1. The normalized spacial score (nSPS) is 16.2. The fourth-order valence-electron chi connectivity index (χ4n) is 3.87. The van der Waals surface area contributed by atoms with Crippen molar-refractivity contribution in [2.24, 2.45) is 0 Å². The molecule has 2 N–H and O–H groups in total. The smallest absolute Gasteiger partial charge is 0.240 e. The predicted octanol–water partition coefficient (Wildman–Crippen LogP) is 0.348. The van der Waals surface area contributed by atoms with E-state index in [-0.39, 0.29) is 31.7 Å². The third kappa shape index (κ3) is 7.22. The van der Waals surface area contributed by atoms with Gasteiger partial charge in [-0.3, -0.25) is 14.5 Å². The fraction of sp³-hybridized carbons (Fsp3) is 0.545. The van der Waals surface area contributed by atoms with Gasteiger partial charge in [-0.25, -0.2) is 8.42 Å². The maximum Gasteiger partial charge on any atom is 0.240 e. The summed E-state index contributed by atoms with van der Waals surface area (Å²) in [4.78, 5) is 26.2. The van der Waals surface area contributed by atoms with E-state index in [1.807, 2.05) is 24.3 Å². The Morgan fingerprint density at radius 2 is 1.91 bits per heavy atom. The number of rotatable bonds is 10. The van der Waals surface area contributed by atoms with Crippen LogP contribution in [0, 0.1) is 12.3 Å². The topological polar surface area (TPSA) is 108 Å². The summed E-state index contributed by atoms with van der Waals surface area (Å²) in [6.07, 6.45) is 7.37. The minimum absolute atomic E-state index is 0.0655. The van der Waals surface area contributed by atoms with Gasteiger partial charge in [-0.05, 0) is 25.8 Å². The molecule has 1 unspecified atom stereocenters. The van der Waals surface area contributed by atoms with Crippen LogP contribution in [-0.2, 0) is 19.6 Å². The molecule has 176 valence electrons. The number of likely N-dealkylation sites (tertiary alicyclic amines) is 1. The lowest BCUT2D eigenvalue weighted by atomic mass is 9.99. The van der Waals surface area contributed by atoms with Crippen LogP contribution < -0.4 is 15.4 Å². The number of amides is 2. The van der Waals surface area contributed by atoms with Crippen molar-refractivity contribution in [3.8, 4) is 18.1 Å². The molecule has 2 rings (SSSR count). The van der Waals surface area contributed by atoms with Crippen LogP contribution in [0.15, 0.2) is 24.3 Å². The van der Waals surface area contributed by atoms with Crippen LogP contribution in [0.2, 0.25) is 0 Å². The Bertz CT molecular complexity index is 936. The van der Waals surface area contributed by atoms with Crippen molar-refractivity contribution in [2.45, 2.75) is 31.8 Å². The van der Waals surface area contributed by atoms with Gasteiger partial charge in [0.2, 0.25) is 21.8 Å². The second-order valence-corrected chi connectivity index (χ2v) is 9.69. The number of carbonyl (C=O) groups excluding carboxylic acids is 2. The molecule has 0 radical (unpaired) electrons. The Hall–Kier alpha value is -2.61. The molecule has 1 aliphatic rings. The van der Waals surface area contributed by atoms with Crippen LogP contribution in [0.1, 0.15) is 31.4 Å². The Morgan fingerprint density at radius 3 is 2.50 bits per heavy atom. The summed E-state index contributed by atoms with van der Waals surface area (Å²) in [5.74, 6) is 2.13. The van der Waals surface area contributed by atoms with Gasteiger partial charge >= 0.3 is 0 Å². The first kappa shape index (κ1) is 25.6. The minimum atomic E-state index is -3.61. The van der Waals surface area contributed by atoms with Crippen LogP contribution in [-0.4, -0.2) is 81.6 Å². The third-order valence-corrected chi connectivity index (χ3v) is 6.88. The maximum absolute atomic E-state index is 12.4. The van der Waals surface area contributed by atoms with Gasteiger partial charge in [0, 0.05) is 30.7 Å². The van der Waals surface area contributed by atoms with E-state index in [4.69, 9.17) is 11.2 Å². The zero-order valence-electron chi connectivity index (χ0n) is 18.8. The van der Waals surface area contributed by atoms with E-state index in [9.17, 15) is 18.0 Å². The van der Waals surface area contributed by atoms with Crippen molar-refractivity contribution in [3.63, 3.8) is 0 Å². The lowest BCUT2D eigenvalue weighted by Gasteiger charge is -2.39. The molecule has 1 aromatic rings. The number of nitrogens with one attached hydrogen (secondary N) is 2. The quantitative estimate of drug-likeness (QED) is 0.484. The summed E-state index contributed by atoms with van der Waals surface area (Å²) in [6, 6.07) is 7.68. The number of benzene rings is 1. The molecule has 0 spiro atoms. The van der Waals surface area contributed by atoms with Crippen LogP contribution in [0.25, 0.3) is 0 Å². The molecular formula is C22H32N4O5S. The van der Waals surface area contributed by atoms with Gasteiger partial charge in [0.15, 0.2) is 0 Å². The van der Waals surface area contributed by atoms with E-state index < -0.39 is 21.8 Å². The Balaban J connectivity index is 1.96. The number of hydrogen-bond acceptors (Lipinski definition) is 6. The first-order valence-electron chi connectivity index (χ1n) is 10.5. The van der Waals surface area contributed by atoms with E-state index in [0.717, 1.165) is 17.6 Å². The first-order chi connectivity index (χ1) is 15.2. The molecule has 1 aromatic carbocycles. The van der Waals surface area contributed by atoms with E-state index in [2.05, 4.69) is 28.4 Å². The highest BCUT2D eigenvalue weighted by atomic mass is 32.2. The van der Waals surface area contributed by atoms with E-state index in [1.54, 1.807) is 7.11 Å². The Labute approximate surface area is 190 Å². The minimum Gasteiger partial charge on any atom is -0.496 e. The largest absolute Gasteiger partial charge is 0.496 e. The van der Waals surface area contributed by atoms with Gasteiger partial charge in [0.25, 0.3) is 0 Å². The summed E-state index contributed by atoms with van der Waals surface area (Å²) in [5.41, 5.74) is 1.08. The molecule has 1 fully saturated rings. The number of nitrogens with zero attached hydrogens (tertiary/aromatic N) is 2. The number of ether oxygens (including phenoxy) is 1. The van der Waals surface area contributed by atoms with E-state index in [1.165, 1.54) is 4.31 Å². The molecule has 0 aromatic heterocycles. The number of hydrogen-bond donors (Lipinski definition) is 2. The highest BCUT2D eigenvalue weighted by Gasteiger charge is 2.33. The van der Waals surface area contributed by atoms with Crippen molar-refractivity contribution in [1.82, 2.24) is 19.8 Å². The van der Waals surface area contributed by atoms with Gasteiger partial charge in [-0.15, -0.1) is 6.42 Å². The third-order valence-electron chi connectivity index (χ3n) is 5.60. The molecular weight excluding hydrogens is 432 g/mol. The van der Waals surface area contributed by atoms with E-state index >= 15 is 0 Å². The molecule has 0 bridgehead atoms. The number of piperidine rings is 1. The standard InChI is InChI=1S/C22H32N4O5S/c1-5-12-23-21(27)15-24-22(28)16-26(32(4,29)30)18-10-13-25(14-11-18)17(2)19-8-6-7-9-20(19)31-3/h1,6-9,17-18H,10-16H2,2-4H3,(H,23,27)(H,24,28). The fourth-order valence-corrected chi connectivity index (χ4v) is 4.98. The second kappa shape index (κ2) is 11.9. The molecule has 1 atom stereocenters. The van der Waals surface area contributed by atoms with Crippen LogP contribution in [0.4, 0.5) is 0 Å². The highest BCUT2D eigenvalue weighted by Crippen LogP contribution is 2.31. The molecule has 2 amide bonds. The van der Waals surface area contributed by atoms with Crippen molar-refractivity contribution in [2.75, 3.05) is 46.1 Å². The van der Waals surface area contributed by atoms with Crippen molar-refractivity contribution < 1.29 is 22.7 Å². The second-order valence-electron chi connectivity index (χ2n) is 7.75. The summed E-state index contributed by atoms with van der Waals surface area (Å²) in [6.45, 7) is 2.96. The molecule has 32 heavy (non-hydrogen) atoms. The molecule has 1 heterocycles. The van der Waals surface area contributed by atoms with Crippen molar-refractivity contribution >= 4 is 21.8 Å². The number of para-hydroxylation sites is 1. The van der Waals surface area contributed by atoms with Crippen LogP contribution in [0.5, 0.6) is 5.75 Å². The highest BCUT2D eigenvalue weighted by molar-refractivity contribution is 7.88. The maximum atomic E-state index is 12.4. The first-order valence-corrected chi connectivity index (χ1v) is 12.3. The van der Waals surface area contributed by atoms with Gasteiger partial charge in [0.05, 0.1) is 33.0 Å². The number of sulfonamides is 1. The Morgan fingerprint density at radius 1 is 1.25 bits per heavy atom. The zero-order chi connectivity index (χ0) is 23.7. The van der Waals surface area contributed by atoms with Gasteiger partial charge < -0.3 is 15.4 Å². The van der Waals surface area contributed by atoms with E-state index in [0.29, 0.717) is 25.9 Å². The lowest BCUT2D eigenvalue weighted by molar-refractivity contribution is -0.126. The average molecular weight is 465 g/mol. The van der Waals surface area contributed by atoms with Crippen LogP contribution in [0.3, 0.4) is 0 Å². The Kier molecular flexibility index (Phi) is 9.50.